The molecule has 0 atom stereocenters. The van der Waals surface area contributed by atoms with Crippen LogP contribution in [0.4, 0.5) is 5.69 Å². The summed E-state index contributed by atoms with van der Waals surface area (Å²) in [5.74, 6) is 0. The summed E-state index contributed by atoms with van der Waals surface area (Å²) in [7, 11) is 0. The van der Waals surface area contributed by atoms with Crippen molar-refractivity contribution in [3.63, 3.8) is 0 Å². The molecule has 0 spiro atoms. The van der Waals surface area contributed by atoms with E-state index in [2.05, 4.69) is 0 Å². The second-order valence-electron chi connectivity index (χ2n) is 2.92. The molecule has 0 saturated carbocycles. The van der Waals surface area contributed by atoms with Crippen LogP contribution in [-0.4, -0.2) is 11.2 Å². The van der Waals surface area contributed by atoms with Gasteiger partial charge in [-0.1, -0.05) is 12.1 Å². The van der Waals surface area contributed by atoms with Crippen LogP contribution in [0.1, 0.15) is 18.4 Å². The molecular formula is C10H10NO3. The van der Waals surface area contributed by atoms with E-state index in [1.54, 1.807) is 12.1 Å². The number of aryl methyl sites for hydroxylation is 1. The molecule has 14 heavy (non-hydrogen) atoms. The maximum absolute atomic E-state index is 10.3. The summed E-state index contributed by atoms with van der Waals surface area (Å²) >= 11 is 0. The zero-order chi connectivity index (χ0) is 10.4. The Hall–Kier alpha value is -1.71. The van der Waals surface area contributed by atoms with Gasteiger partial charge in [0.05, 0.1) is 4.92 Å². The molecule has 0 unspecified atom stereocenters. The maximum atomic E-state index is 10.3. The van der Waals surface area contributed by atoms with E-state index in [0.29, 0.717) is 6.42 Å². The first-order valence-corrected chi connectivity index (χ1v) is 4.32. The molecule has 4 nitrogen and oxygen atoms in total. The summed E-state index contributed by atoms with van der Waals surface area (Å²) in [6, 6.07) is 6.37. The average Bonchev–Trinajstić information content (AvgIpc) is 2.19. The Bertz CT molecular complexity index is 319. The number of rotatable bonds is 5. The summed E-state index contributed by atoms with van der Waals surface area (Å²) in [5, 5.41) is 10.3. The zero-order valence-corrected chi connectivity index (χ0v) is 7.60. The minimum atomic E-state index is -0.428. The molecule has 73 valence electrons. The minimum absolute atomic E-state index is 0.0932. The number of nitro benzene ring substituents is 1. The van der Waals surface area contributed by atoms with Gasteiger partial charge in [-0.3, -0.25) is 14.9 Å². The van der Waals surface area contributed by atoms with Gasteiger partial charge in [0.2, 0.25) is 0 Å². The highest BCUT2D eigenvalue weighted by atomic mass is 16.6. The van der Waals surface area contributed by atoms with E-state index in [1.807, 2.05) is 6.29 Å². The zero-order valence-electron chi connectivity index (χ0n) is 7.60. The van der Waals surface area contributed by atoms with Gasteiger partial charge in [0, 0.05) is 18.6 Å². The molecule has 4 heteroatoms. The first-order valence-electron chi connectivity index (χ1n) is 4.32. The Labute approximate surface area is 81.7 Å². The lowest BCUT2D eigenvalue weighted by atomic mass is 10.1. The van der Waals surface area contributed by atoms with E-state index in [1.165, 1.54) is 12.1 Å². The molecule has 1 radical (unpaired) electrons. The molecule has 1 rings (SSSR count). The first-order chi connectivity index (χ1) is 6.74. The maximum Gasteiger partial charge on any atom is 0.269 e. The van der Waals surface area contributed by atoms with Gasteiger partial charge in [-0.25, -0.2) is 0 Å². The summed E-state index contributed by atoms with van der Waals surface area (Å²) in [5.41, 5.74) is 1.10. The number of hydrogen-bond donors (Lipinski definition) is 0. The fraction of sp³-hybridized carbons (Fsp3) is 0.300. The molecule has 0 fully saturated rings. The van der Waals surface area contributed by atoms with Crippen LogP contribution in [0, 0.1) is 10.1 Å². The van der Waals surface area contributed by atoms with E-state index in [-0.39, 0.29) is 5.69 Å². The Morgan fingerprint density at radius 2 is 1.93 bits per heavy atom. The SMILES string of the molecule is O=[C]CCCc1ccc([N+](=O)[O-])cc1. The van der Waals surface area contributed by atoms with Gasteiger partial charge in [-0.05, 0) is 18.4 Å². The fourth-order valence-corrected chi connectivity index (χ4v) is 1.15. The van der Waals surface area contributed by atoms with Crippen LogP contribution in [-0.2, 0) is 11.2 Å². The third kappa shape index (κ3) is 2.97. The summed E-state index contributed by atoms with van der Waals surface area (Å²) in [6.07, 6.45) is 3.72. The topological polar surface area (TPSA) is 60.2 Å². The molecule has 1 aromatic carbocycles. The third-order valence-electron chi connectivity index (χ3n) is 1.89. The second-order valence-corrected chi connectivity index (χ2v) is 2.92. The predicted molar refractivity (Wildman–Crippen MR) is 51.7 cm³/mol. The predicted octanol–water partition coefficient (Wildman–Crippen LogP) is 2.03. The highest BCUT2D eigenvalue weighted by Gasteiger charge is 2.03. The van der Waals surface area contributed by atoms with Crippen LogP contribution in [0.15, 0.2) is 24.3 Å². The molecule has 0 bridgehead atoms. The van der Waals surface area contributed by atoms with Crippen LogP contribution in [0.5, 0.6) is 0 Å². The van der Waals surface area contributed by atoms with Crippen molar-refractivity contribution in [3.05, 3.63) is 39.9 Å². The van der Waals surface area contributed by atoms with Crippen LogP contribution < -0.4 is 0 Å². The molecule has 0 aliphatic rings. The van der Waals surface area contributed by atoms with E-state index in [9.17, 15) is 14.9 Å². The molecule has 0 amide bonds. The molecule has 0 saturated heterocycles. The van der Waals surface area contributed by atoms with E-state index >= 15 is 0 Å². The van der Waals surface area contributed by atoms with Crippen LogP contribution >= 0.6 is 0 Å². The van der Waals surface area contributed by atoms with Gasteiger partial charge in [0.25, 0.3) is 5.69 Å². The summed E-state index contributed by atoms with van der Waals surface area (Å²) < 4.78 is 0. The van der Waals surface area contributed by atoms with Crippen molar-refractivity contribution in [1.82, 2.24) is 0 Å². The smallest absolute Gasteiger partial charge is 0.269 e. The monoisotopic (exact) mass is 192 g/mol. The van der Waals surface area contributed by atoms with Crippen molar-refractivity contribution in [2.45, 2.75) is 19.3 Å². The molecule has 1 aromatic rings. The Morgan fingerprint density at radius 3 is 2.43 bits per heavy atom. The van der Waals surface area contributed by atoms with Crippen molar-refractivity contribution in [3.8, 4) is 0 Å². The molecule has 0 aliphatic carbocycles. The van der Waals surface area contributed by atoms with Gasteiger partial charge >= 0.3 is 0 Å². The second kappa shape index (κ2) is 5.11. The van der Waals surface area contributed by atoms with Gasteiger partial charge in [0.15, 0.2) is 6.29 Å². The van der Waals surface area contributed by atoms with Crippen molar-refractivity contribution in [2.24, 2.45) is 0 Å². The standard InChI is InChI=1S/C10H10NO3/c12-8-2-1-3-9-4-6-10(7-5-9)11(13)14/h4-7H,1-3H2. The van der Waals surface area contributed by atoms with Crippen LogP contribution in [0.3, 0.4) is 0 Å². The lowest BCUT2D eigenvalue weighted by Gasteiger charge is -1.97. The number of nitro groups is 1. The van der Waals surface area contributed by atoms with Crippen LogP contribution in [0.25, 0.3) is 0 Å². The summed E-state index contributed by atoms with van der Waals surface area (Å²) in [4.78, 5) is 19.8. The van der Waals surface area contributed by atoms with Crippen molar-refractivity contribution in [2.75, 3.05) is 0 Å². The van der Waals surface area contributed by atoms with Crippen molar-refractivity contribution >= 4 is 12.0 Å². The quantitative estimate of drug-likeness (QED) is 0.407. The lowest BCUT2D eigenvalue weighted by Crippen LogP contribution is -1.89. The van der Waals surface area contributed by atoms with Gasteiger partial charge in [0.1, 0.15) is 0 Å². The van der Waals surface area contributed by atoms with Crippen molar-refractivity contribution < 1.29 is 9.72 Å². The van der Waals surface area contributed by atoms with E-state index < -0.39 is 4.92 Å². The number of unbranched alkanes of at least 4 members (excludes halogenated alkanes) is 1. The van der Waals surface area contributed by atoms with E-state index in [4.69, 9.17) is 0 Å². The fourth-order valence-electron chi connectivity index (χ4n) is 1.15. The molecule has 0 aromatic heterocycles. The Balaban J connectivity index is 2.55. The number of hydrogen-bond acceptors (Lipinski definition) is 3. The molecule has 0 aliphatic heterocycles. The van der Waals surface area contributed by atoms with E-state index in [0.717, 1.165) is 18.4 Å². The largest absolute Gasteiger partial charge is 0.291 e. The number of nitrogens with zero attached hydrogens (tertiary/aromatic N) is 1. The average molecular weight is 192 g/mol. The number of benzene rings is 1. The van der Waals surface area contributed by atoms with Gasteiger partial charge < -0.3 is 0 Å². The van der Waals surface area contributed by atoms with Gasteiger partial charge in [-0.15, -0.1) is 0 Å². The molecular weight excluding hydrogens is 182 g/mol. The lowest BCUT2D eigenvalue weighted by molar-refractivity contribution is -0.384. The number of carbonyl (C=O) groups excluding carboxylic acids is 1. The highest BCUT2D eigenvalue weighted by Crippen LogP contribution is 2.13. The number of non-ortho nitro benzene ring substituents is 1. The van der Waals surface area contributed by atoms with Crippen LogP contribution in [0.2, 0.25) is 0 Å². The highest BCUT2D eigenvalue weighted by molar-refractivity contribution is 5.50. The normalized spacial score (nSPS) is 9.71. The summed E-state index contributed by atoms with van der Waals surface area (Å²) in [6.45, 7) is 0. The van der Waals surface area contributed by atoms with Crippen molar-refractivity contribution in [1.29, 1.82) is 0 Å². The minimum Gasteiger partial charge on any atom is -0.291 e. The van der Waals surface area contributed by atoms with Gasteiger partial charge in [-0.2, -0.15) is 0 Å². The Kier molecular flexibility index (Phi) is 3.79. The third-order valence-corrected chi connectivity index (χ3v) is 1.89. The molecule has 0 heterocycles. The molecule has 0 N–H and O–H groups in total. The Morgan fingerprint density at radius 1 is 1.29 bits per heavy atom. The first kappa shape index (κ1) is 10.4.